The van der Waals surface area contributed by atoms with E-state index in [2.05, 4.69) is 5.32 Å². The fourth-order valence-corrected chi connectivity index (χ4v) is 2.43. The first-order chi connectivity index (χ1) is 9.90. The molecule has 0 aliphatic carbocycles. The molecule has 0 radical (unpaired) electrons. The van der Waals surface area contributed by atoms with Gasteiger partial charge in [0.1, 0.15) is 0 Å². The second kappa shape index (κ2) is 6.62. The van der Waals surface area contributed by atoms with Gasteiger partial charge in [0.25, 0.3) is 0 Å². The van der Waals surface area contributed by atoms with Gasteiger partial charge in [-0.25, -0.2) is 0 Å². The molecular formula is C15H13ClF3NS. The number of hydrogen-bond donors (Lipinski definition) is 1. The summed E-state index contributed by atoms with van der Waals surface area (Å²) in [6.07, 6.45) is -2.46. The van der Waals surface area contributed by atoms with Crippen LogP contribution in [0.2, 0.25) is 5.02 Å². The maximum absolute atomic E-state index is 12.8. The first-order valence-corrected chi connectivity index (χ1v) is 7.74. The van der Waals surface area contributed by atoms with E-state index < -0.39 is 11.7 Å². The van der Waals surface area contributed by atoms with E-state index in [1.54, 1.807) is 11.8 Å². The Kier molecular flexibility index (Phi) is 5.06. The number of hydrogen-bond acceptors (Lipinski definition) is 2. The second-order valence-electron chi connectivity index (χ2n) is 4.39. The van der Waals surface area contributed by atoms with Gasteiger partial charge in [0, 0.05) is 17.1 Å². The summed E-state index contributed by atoms with van der Waals surface area (Å²) >= 11 is 7.22. The lowest BCUT2D eigenvalue weighted by Gasteiger charge is -2.12. The summed E-state index contributed by atoms with van der Waals surface area (Å²) in [5.41, 5.74) is 0.559. The highest BCUT2D eigenvalue weighted by Gasteiger charge is 2.33. The number of benzene rings is 2. The van der Waals surface area contributed by atoms with Crippen LogP contribution in [0.25, 0.3) is 0 Å². The average molecular weight is 332 g/mol. The maximum Gasteiger partial charge on any atom is 0.417 e. The van der Waals surface area contributed by atoms with E-state index in [-0.39, 0.29) is 5.02 Å². The van der Waals surface area contributed by atoms with Crippen molar-refractivity contribution in [2.45, 2.75) is 17.6 Å². The highest BCUT2D eigenvalue weighted by atomic mass is 35.5. The quantitative estimate of drug-likeness (QED) is 0.722. The standard InChI is InChI=1S/C15H13ClF3NS/c1-21-12-5-2-10(3-6-12)9-20-11-4-7-14(16)13(8-11)15(17,18)19/h2-8,20H,9H2,1H3. The van der Waals surface area contributed by atoms with Gasteiger partial charge < -0.3 is 5.32 Å². The van der Waals surface area contributed by atoms with Gasteiger partial charge in [-0.05, 0) is 42.2 Å². The topological polar surface area (TPSA) is 12.0 Å². The highest BCUT2D eigenvalue weighted by molar-refractivity contribution is 7.98. The third-order valence-corrected chi connectivity index (χ3v) is 4.00. The molecule has 0 amide bonds. The summed E-state index contributed by atoms with van der Waals surface area (Å²) in [6.45, 7) is 0.452. The molecule has 0 saturated carbocycles. The summed E-state index contributed by atoms with van der Waals surface area (Å²) in [7, 11) is 0. The van der Waals surface area contributed by atoms with E-state index in [9.17, 15) is 13.2 Å². The van der Waals surface area contributed by atoms with Crippen molar-refractivity contribution in [1.82, 2.24) is 0 Å². The van der Waals surface area contributed by atoms with Gasteiger partial charge in [0.2, 0.25) is 0 Å². The summed E-state index contributed by atoms with van der Waals surface area (Å²) in [5, 5.41) is 2.68. The third-order valence-electron chi connectivity index (χ3n) is 2.93. The molecule has 0 aromatic heterocycles. The van der Waals surface area contributed by atoms with E-state index in [0.717, 1.165) is 16.5 Å². The minimum Gasteiger partial charge on any atom is -0.381 e. The average Bonchev–Trinajstić information content (AvgIpc) is 2.45. The van der Waals surface area contributed by atoms with Gasteiger partial charge in [0.05, 0.1) is 10.6 Å². The molecular weight excluding hydrogens is 319 g/mol. The molecule has 0 heterocycles. The number of rotatable bonds is 4. The van der Waals surface area contributed by atoms with Crippen LogP contribution in [0.1, 0.15) is 11.1 Å². The fourth-order valence-electron chi connectivity index (χ4n) is 1.80. The molecule has 1 N–H and O–H groups in total. The molecule has 1 nitrogen and oxygen atoms in total. The zero-order valence-corrected chi connectivity index (χ0v) is 12.7. The van der Waals surface area contributed by atoms with Gasteiger partial charge in [-0.15, -0.1) is 11.8 Å². The summed E-state index contributed by atoms with van der Waals surface area (Å²) in [5.74, 6) is 0. The number of halogens is 4. The van der Waals surface area contributed by atoms with Gasteiger partial charge in [-0.2, -0.15) is 13.2 Å². The molecule has 2 rings (SSSR count). The zero-order valence-electron chi connectivity index (χ0n) is 11.2. The van der Waals surface area contributed by atoms with Crippen molar-refractivity contribution in [3.8, 4) is 0 Å². The Morgan fingerprint density at radius 3 is 2.33 bits per heavy atom. The molecule has 112 valence electrons. The van der Waals surface area contributed by atoms with E-state index in [0.29, 0.717) is 12.2 Å². The Balaban J connectivity index is 2.09. The third kappa shape index (κ3) is 4.32. The molecule has 0 spiro atoms. The van der Waals surface area contributed by atoms with Crippen LogP contribution in [-0.4, -0.2) is 6.26 Å². The van der Waals surface area contributed by atoms with Crippen LogP contribution in [0, 0.1) is 0 Å². The Labute approximate surface area is 130 Å². The molecule has 0 unspecified atom stereocenters. The SMILES string of the molecule is CSc1ccc(CNc2ccc(Cl)c(C(F)(F)F)c2)cc1. The smallest absolute Gasteiger partial charge is 0.381 e. The number of alkyl halides is 3. The van der Waals surface area contributed by atoms with Gasteiger partial charge in [0.15, 0.2) is 0 Å². The zero-order chi connectivity index (χ0) is 15.5. The lowest BCUT2D eigenvalue weighted by Crippen LogP contribution is -2.07. The predicted octanol–water partition coefficient (Wildman–Crippen LogP) is 5.69. The lowest BCUT2D eigenvalue weighted by molar-refractivity contribution is -0.137. The summed E-state index contributed by atoms with van der Waals surface area (Å²) in [4.78, 5) is 1.14. The van der Waals surface area contributed by atoms with Crippen molar-refractivity contribution in [3.63, 3.8) is 0 Å². The van der Waals surface area contributed by atoms with Gasteiger partial charge >= 0.3 is 6.18 Å². The lowest BCUT2D eigenvalue weighted by atomic mass is 10.1. The maximum atomic E-state index is 12.8. The first kappa shape index (κ1) is 16.0. The molecule has 6 heteroatoms. The number of nitrogens with one attached hydrogen (secondary N) is 1. The van der Waals surface area contributed by atoms with Crippen molar-refractivity contribution >= 4 is 29.1 Å². The summed E-state index contributed by atoms with van der Waals surface area (Å²) < 4.78 is 38.3. The largest absolute Gasteiger partial charge is 0.417 e. The molecule has 2 aromatic carbocycles. The highest BCUT2D eigenvalue weighted by Crippen LogP contribution is 2.36. The Morgan fingerprint density at radius 1 is 1.10 bits per heavy atom. The summed E-state index contributed by atoms with van der Waals surface area (Å²) in [6, 6.07) is 11.7. The van der Waals surface area contributed by atoms with Crippen LogP contribution in [0.3, 0.4) is 0 Å². The molecule has 21 heavy (non-hydrogen) atoms. The van der Waals surface area contributed by atoms with Crippen molar-refractivity contribution in [1.29, 1.82) is 0 Å². The van der Waals surface area contributed by atoms with Crippen LogP contribution in [0.15, 0.2) is 47.4 Å². The van der Waals surface area contributed by atoms with Gasteiger partial charge in [-0.1, -0.05) is 23.7 Å². The molecule has 0 atom stereocenters. The number of anilines is 1. The number of thioether (sulfide) groups is 1. The monoisotopic (exact) mass is 331 g/mol. The molecule has 2 aromatic rings. The fraction of sp³-hybridized carbons (Fsp3) is 0.200. The Morgan fingerprint density at radius 2 is 1.76 bits per heavy atom. The van der Waals surface area contributed by atoms with Gasteiger partial charge in [-0.3, -0.25) is 0 Å². The normalized spacial score (nSPS) is 11.5. The molecule has 0 aliphatic rings. The van der Waals surface area contributed by atoms with E-state index in [1.807, 2.05) is 30.5 Å². The second-order valence-corrected chi connectivity index (χ2v) is 5.68. The van der Waals surface area contributed by atoms with E-state index in [1.165, 1.54) is 12.1 Å². The van der Waals surface area contributed by atoms with Crippen LogP contribution in [0.5, 0.6) is 0 Å². The molecule has 0 fully saturated rings. The Hall–Kier alpha value is -1.33. The first-order valence-electron chi connectivity index (χ1n) is 6.13. The molecule has 0 aliphatic heterocycles. The van der Waals surface area contributed by atoms with Crippen molar-refractivity contribution in [2.24, 2.45) is 0 Å². The van der Waals surface area contributed by atoms with Crippen LogP contribution >= 0.6 is 23.4 Å². The minimum atomic E-state index is -4.45. The van der Waals surface area contributed by atoms with Crippen molar-refractivity contribution in [3.05, 3.63) is 58.6 Å². The van der Waals surface area contributed by atoms with Crippen LogP contribution in [-0.2, 0) is 12.7 Å². The van der Waals surface area contributed by atoms with E-state index >= 15 is 0 Å². The van der Waals surface area contributed by atoms with E-state index in [4.69, 9.17) is 11.6 Å². The van der Waals surface area contributed by atoms with Crippen LogP contribution < -0.4 is 5.32 Å². The predicted molar refractivity (Wildman–Crippen MR) is 82.0 cm³/mol. The van der Waals surface area contributed by atoms with Crippen LogP contribution in [0.4, 0.5) is 18.9 Å². The molecule has 0 bridgehead atoms. The van der Waals surface area contributed by atoms with Crippen molar-refractivity contribution < 1.29 is 13.2 Å². The molecule has 0 saturated heterocycles. The Bertz CT molecular complexity index is 611. The minimum absolute atomic E-state index is 0.294. The van der Waals surface area contributed by atoms with Crippen molar-refractivity contribution in [2.75, 3.05) is 11.6 Å².